The number of amides is 1. The second-order valence-electron chi connectivity index (χ2n) is 6.65. The largest absolute Gasteiger partial charge is 0.355 e. The van der Waals surface area contributed by atoms with Crippen LogP contribution in [0.1, 0.15) is 23.1 Å². The van der Waals surface area contributed by atoms with Gasteiger partial charge in [-0.2, -0.15) is 0 Å². The highest BCUT2D eigenvalue weighted by atomic mass is 16.1. The van der Waals surface area contributed by atoms with Crippen molar-refractivity contribution in [3.63, 3.8) is 0 Å². The molecule has 4 nitrogen and oxygen atoms in total. The van der Waals surface area contributed by atoms with Gasteiger partial charge in [0, 0.05) is 32.0 Å². The number of nitrogens with one attached hydrogen (secondary N) is 1. The zero-order valence-corrected chi connectivity index (χ0v) is 14.2. The summed E-state index contributed by atoms with van der Waals surface area (Å²) in [5, 5.41) is 3.08. The molecule has 1 amide bonds. The Morgan fingerprint density at radius 3 is 2.83 bits per heavy atom. The van der Waals surface area contributed by atoms with Gasteiger partial charge in [-0.1, -0.05) is 24.3 Å². The number of carbonyl (C=O) groups excluding carboxylic acids is 1. The molecule has 1 N–H and O–H groups in total. The third-order valence-corrected chi connectivity index (χ3v) is 4.73. The first kappa shape index (κ1) is 16.7. The summed E-state index contributed by atoms with van der Waals surface area (Å²) in [6, 6.07) is 12.3. The van der Waals surface area contributed by atoms with Crippen molar-refractivity contribution in [1.82, 2.24) is 15.2 Å². The summed E-state index contributed by atoms with van der Waals surface area (Å²) < 4.78 is 0. The monoisotopic (exact) mass is 323 g/mol. The fourth-order valence-corrected chi connectivity index (χ4v) is 3.26. The lowest BCUT2D eigenvalue weighted by Gasteiger charge is -2.17. The van der Waals surface area contributed by atoms with Crippen LogP contribution in [0.3, 0.4) is 0 Å². The van der Waals surface area contributed by atoms with Gasteiger partial charge in [0.25, 0.3) is 0 Å². The van der Waals surface area contributed by atoms with E-state index in [0.29, 0.717) is 12.3 Å². The van der Waals surface area contributed by atoms with Gasteiger partial charge in [0.1, 0.15) is 0 Å². The van der Waals surface area contributed by atoms with E-state index in [2.05, 4.69) is 46.4 Å². The van der Waals surface area contributed by atoms with Crippen LogP contribution in [0.25, 0.3) is 0 Å². The molecule has 3 rings (SSSR count). The normalized spacial score (nSPS) is 17.8. The van der Waals surface area contributed by atoms with Crippen LogP contribution in [0.4, 0.5) is 0 Å². The maximum atomic E-state index is 12.0. The standard InChI is InChI=1S/C20H25N3O/c1-16-4-2-3-5-19(16)15-23-11-8-18(14-23)13-22-20(24)12-17-6-9-21-10-7-17/h2-7,9-10,18H,8,11-15H2,1H3,(H,22,24)/t18-/m0/s1. The molecule has 0 radical (unpaired) electrons. The molecule has 1 aromatic carbocycles. The van der Waals surface area contributed by atoms with E-state index in [1.54, 1.807) is 12.4 Å². The first-order valence-electron chi connectivity index (χ1n) is 8.63. The van der Waals surface area contributed by atoms with Crippen molar-refractivity contribution in [2.75, 3.05) is 19.6 Å². The summed E-state index contributed by atoms with van der Waals surface area (Å²) >= 11 is 0. The van der Waals surface area contributed by atoms with Crippen molar-refractivity contribution in [3.8, 4) is 0 Å². The van der Waals surface area contributed by atoms with Crippen molar-refractivity contribution in [1.29, 1.82) is 0 Å². The molecule has 1 atom stereocenters. The zero-order valence-electron chi connectivity index (χ0n) is 14.2. The summed E-state index contributed by atoms with van der Waals surface area (Å²) in [7, 11) is 0. The Morgan fingerprint density at radius 1 is 1.25 bits per heavy atom. The van der Waals surface area contributed by atoms with Gasteiger partial charge in [0.15, 0.2) is 0 Å². The molecule has 24 heavy (non-hydrogen) atoms. The third-order valence-electron chi connectivity index (χ3n) is 4.73. The topological polar surface area (TPSA) is 45.2 Å². The number of rotatable bonds is 6. The lowest BCUT2D eigenvalue weighted by atomic mass is 10.1. The number of likely N-dealkylation sites (tertiary alicyclic amines) is 1. The zero-order chi connectivity index (χ0) is 16.8. The van der Waals surface area contributed by atoms with Gasteiger partial charge < -0.3 is 5.32 Å². The lowest BCUT2D eigenvalue weighted by molar-refractivity contribution is -0.120. The molecule has 0 spiro atoms. The molecule has 126 valence electrons. The molecular formula is C20H25N3O. The molecule has 0 bridgehead atoms. The Labute approximate surface area is 143 Å². The highest BCUT2D eigenvalue weighted by molar-refractivity contribution is 5.78. The van der Waals surface area contributed by atoms with E-state index < -0.39 is 0 Å². The fourth-order valence-electron chi connectivity index (χ4n) is 3.26. The molecule has 1 aromatic heterocycles. The van der Waals surface area contributed by atoms with Crippen molar-refractivity contribution < 1.29 is 4.79 Å². The molecule has 2 aromatic rings. The number of hydrogen-bond donors (Lipinski definition) is 1. The third kappa shape index (κ3) is 4.65. The number of hydrogen-bond acceptors (Lipinski definition) is 3. The Bertz CT molecular complexity index is 672. The molecule has 0 saturated carbocycles. The molecular weight excluding hydrogens is 298 g/mol. The first-order valence-corrected chi connectivity index (χ1v) is 8.63. The van der Waals surface area contributed by atoms with Gasteiger partial charge in [0.05, 0.1) is 6.42 Å². The van der Waals surface area contributed by atoms with Crippen LogP contribution in [0.2, 0.25) is 0 Å². The van der Waals surface area contributed by atoms with Crippen molar-refractivity contribution in [2.24, 2.45) is 5.92 Å². The molecule has 0 aliphatic carbocycles. The minimum Gasteiger partial charge on any atom is -0.355 e. The van der Waals surface area contributed by atoms with Crippen LogP contribution in [0.15, 0.2) is 48.8 Å². The number of aryl methyl sites for hydroxylation is 1. The van der Waals surface area contributed by atoms with Crippen molar-refractivity contribution >= 4 is 5.91 Å². The van der Waals surface area contributed by atoms with Gasteiger partial charge in [-0.3, -0.25) is 14.7 Å². The van der Waals surface area contributed by atoms with Gasteiger partial charge in [-0.25, -0.2) is 0 Å². The maximum absolute atomic E-state index is 12.0. The lowest BCUT2D eigenvalue weighted by Crippen LogP contribution is -2.32. The minimum atomic E-state index is 0.0959. The van der Waals surface area contributed by atoms with Crippen LogP contribution in [0.5, 0.6) is 0 Å². The van der Waals surface area contributed by atoms with Crippen molar-refractivity contribution in [3.05, 3.63) is 65.5 Å². The predicted octanol–water partition coefficient (Wildman–Crippen LogP) is 2.57. The summed E-state index contributed by atoms with van der Waals surface area (Å²) in [5.74, 6) is 0.647. The smallest absolute Gasteiger partial charge is 0.224 e. The number of carbonyl (C=O) groups is 1. The number of aromatic nitrogens is 1. The highest BCUT2D eigenvalue weighted by Crippen LogP contribution is 2.19. The van der Waals surface area contributed by atoms with Crippen LogP contribution in [-0.2, 0) is 17.8 Å². The van der Waals surface area contributed by atoms with E-state index in [1.807, 2.05) is 12.1 Å². The maximum Gasteiger partial charge on any atom is 0.224 e. The summed E-state index contributed by atoms with van der Waals surface area (Å²) in [5.41, 5.74) is 3.77. The molecule has 2 heterocycles. The number of benzene rings is 1. The van der Waals surface area contributed by atoms with E-state index in [-0.39, 0.29) is 5.91 Å². The van der Waals surface area contributed by atoms with E-state index in [4.69, 9.17) is 0 Å². The Balaban J connectivity index is 1.41. The van der Waals surface area contributed by atoms with Crippen LogP contribution < -0.4 is 5.32 Å². The molecule has 1 saturated heterocycles. The quantitative estimate of drug-likeness (QED) is 0.889. The van der Waals surface area contributed by atoms with Gasteiger partial charge in [0.2, 0.25) is 5.91 Å². The summed E-state index contributed by atoms with van der Waals surface area (Å²) in [6.45, 7) is 6.12. The number of pyridine rings is 1. The molecule has 4 heteroatoms. The Morgan fingerprint density at radius 2 is 2.04 bits per heavy atom. The van der Waals surface area contributed by atoms with Crippen LogP contribution in [-0.4, -0.2) is 35.4 Å². The minimum absolute atomic E-state index is 0.0959. The SMILES string of the molecule is Cc1ccccc1CN1CC[C@@H](CNC(=O)Cc2ccncc2)C1. The predicted molar refractivity (Wildman–Crippen MR) is 95.5 cm³/mol. The first-order chi connectivity index (χ1) is 11.7. The summed E-state index contributed by atoms with van der Waals surface area (Å²) in [4.78, 5) is 18.5. The van der Waals surface area contributed by atoms with E-state index >= 15 is 0 Å². The second kappa shape index (κ2) is 8.06. The molecule has 1 aliphatic rings. The average molecular weight is 323 g/mol. The Hall–Kier alpha value is -2.20. The summed E-state index contributed by atoms with van der Waals surface area (Å²) in [6.07, 6.45) is 5.04. The average Bonchev–Trinajstić information content (AvgIpc) is 3.04. The van der Waals surface area contributed by atoms with Gasteiger partial charge in [-0.05, 0) is 54.6 Å². The Kier molecular flexibility index (Phi) is 5.59. The van der Waals surface area contributed by atoms with Crippen LogP contribution >= 0.6 is 0 Å². The fraction of sp³-hybridized carbons (Fsp3) is 0.400. The van der Waals surface area contributed by atoms with E-state index in [0.717, 1.165) is 38.2 Å². The van der Waals surface area contributed by atoms with Gasteiger partial charge in [-0.15, -0.1) is 0 Å². The van der Waals surface area contributed by atoms with Crippen LogP contribution in [0, 0.1) is 12.8 Å². The molecule has 1 aliphatic heterocycles. The highest BCUT2D eigenvalue weighted by Gasteiger charge is 2.23. The van der Waals surface area contributed by atoms with E-state index in [9.17, 15) is 4.79 Å². The van der Waals surface area contributed by atoms with Gasteiger partial charge >= 0.3 is 0 Å². The second-order valence-corrected chi connectivity index (χ2v) is 6.65. The van der Waals surface area contributed by atoms with Crippen molar-refractivity contribution in [2.45, 2.75) is 26.3 Å². The number of nitrogens with zero attached hydrogens (tertiary/aromatic N) is 2. The molecule has 0 unspecified atom stereocenters. The molecule has 1 fully saturated rings. The van der Waals surface area contributed by atoms with E-state index in [1.165, 1.54) is 11.1 Å².